The van der Waals surface area contributed by atoms with Crippen molar-refractivity contribution in [2.75, 3.05) is 0 Å². The Morgan fingerprint density at radius 3 is 2.82 bits per heavy atom. The Labute approximate surface area is 97.8 Å². The van der Waals surface area contributed by atoms with E-state index in [4.69, 9.17) is 5.26 Å². The zero-order valence-electron chi connectivity index (χ0n) is 9.48. The maximum Gasteiger partial charge on any atom is 0.254 e. The van der Waals surface area contributed by atoms with Crippen LogP contribution in [0.4, 0.5) is 0 Å². The molecule has 84 valence electrons. The van der Waals surface area contributed by atoms with E-state index in [1.165, 1.54) is 6.20 Å². The molecule has 17 heavy (non-hydrogen) atoms. The topological polar surface area (TPSA) is 82.4 Å². The molecule has 2 aromatic heterocycles. The Kier molecular flexibility index (Phi) is 2.71. The van der Waals surface area contributed by atoms with Crippen molar-refractivity contribution < 1.29 is 0 Å². The predicted molar refractivity (Wildman–Crippen MR) is 62.3 cm³/mol. The van der Waals surface area contributed by atoms with Gasteiger partial charge in [-0.25, -0.2) is 4.98 Å². The Morgan fingerprint density at radius 2 is 2.12 bits per heavy atom. The van der Waals surface area contributed by atoms with Crippen LogP contribution in [0.2, 0.25) is 0 Å². The number of rotatable bonds is 1. The molecular weight excluding hydrogens is 216 g/mol. The zero-order valence-corrected chi connectivity index (χ0v) is 9.48. The van der Waals surface area contributed by atoms with Crippen LogP contribution in [0.5, 0.6) is 0 Å². The molecule has 2 rings (SSSR count). The van der Waals surface area contributed by atoms with E-state index in [2.05, 4.69) is 15.0 Å². The van der Waals surface area contributed by atoms with E-state index >= 15 is 0 Å². The van der Waals surface area contributed by atoms with Crippen LogP contribution >= 0.6 is 0 Å². The second kappa shape index (κ2) is 4.18. The maximum absolute atomic E-state index is 11.6. The van der Waals surface area contributed by atoms with Gasteiger partial charge in [0, 0.05) is 23.5 Å². The molecule has 0 unspecified atom stereocenters. The molecule has 0 spiro atoms. The van der Waals surface area contributed by atoms with E-state index in [0.717, 1.165) is 0 Å². The minimum atomic E-state index is -0.171. The van der Waals surface area contributed by atoms with Crippen molar-refractivity contribution in [1.82, 2.24) is 15.0 Å². The molecule has 5 heteroatoms. The standard InChI is InChI=1S/C12H10N4O/c1-7-11(15-8(2)16-12(7)17)10-3-9(4-13)5-14-6-10/h3,5-6H,1-2H3,(H,15,16,17). The minimum absolute atomic E-state index is 0.171. The first-order valence-corrected chi connectivity index (χ1v) is 5.05. The van der Waals surface area contributed by atoms with Crippen LogP contribution in [0.15, 0.2) is 23.3 Å². The van der Waals surface area contributed by atoms with Crippen molar-refractivity contribution in [2.24, 2.45) is 0 Å². The Bertz CT molecular complexity index is 667. The predicted octanol–water partition coefficient (Wildman–Crippen LogP) is 1.32. The lowest BCUT2D eigenvalue weighted by Crippen LogP contribution is -2.14. The van der Waals surface area contributed by atoms with E-state index in [1.54, 1.807) is 26.1 Å². The zero-order chi connectivity index (χ0) is 12.4. The molecule has 0 saturated carbocycles. The summed E-state index contributed by atoms with van der Waals surface area (Å²) in [6.45, 7) is 3.41. The number of nitriles is 1. The molecule has 0 aliphatic rings. The summed E-state index contributed by atoms with van der Waals surface area (Å²) in [4.78, 5) is 22.5. The summed E-state index contributed by atoms with van der Waals surface area (Å²) in [5.74, 6) is 0.540. The number of aryl methyl sites for hydroxylation is 1. The summed E-state index contributed by atoms with van der Waals surface area (Å²) >= 11 is 0. The molecule has 2 heterocycles. The summed E-state index contributed by atoms with van der Waals surface area (Å²) < 4.78 is 0. The fourth-order valence-corrected chi connectivity index (χ4v) is 1.56. The smallest absolute Gasteiger partial charge is 0.254 e. The third-order valence-electron chi connectivity index (χ3n) is 2.41. The van der Waals surface area contributed by atoms with Gasteiger partial charge < -0.3 is 4.98 Å². The van der Waals surface area contributed by atoms with Gasteiger partial charge in [0.05, 0.1) is 11.3 Å². The van der Waals surface area contributed by atoms with Crippen LogP contribution in [0.1, 0.15) is 17.0 Å². The highest BCUT2D eigenvalue weighted by Gasteiger charge is 2.09. The van der Waals surface area contributed by atoms with Crippen molar-refractivity contribution in [1.29, 1.82) is 5.26 Å². The van der Waals surface area contributed by atoms with Gasteiger partial charge in [0.2, 0.25) is 0 Å². The molecule has 1 N–H and O–H groups in total. The lowest BCUT2D eigenvalue weighted by Gasteiger charge is -2.05. The van der Waals surface area contributed by atoms with E-state index in [1.807, 2.05) is 6.07 Å². The highest BCUT2D eigenvalue weighted by molar-refractivity contribution is 5.62. The molecule has 0 atom stereocenters. The van der Waals surface area contributed by atoms with E-state index in [-0.39, 0.29) is 5.56 Å². The molecule has 5 nitrogen and oxygen atoms in total. The minimum Gasteiger partial charge on any atom is -0.311 e. The molecule has 0 bridgehead atoms. The van der Waals surface area contributed by atoms with Crippen LogP contribution in [0, 0.1) is 25.2 Å². The quantitative estimate of drug-likeness (QED) is 0.794. The van der Waals surface area contributed by atoms with Crippen LogP contribution in [0.25, 0.3) is 11.3 Å². The van der Waals surface area contributed by atoms with Gasteiger partial charge in [-0.05, 0) is 19.9 Å². The molecule has 0 aromatic carbocycles. The fourth-order valence-electron chi connectivity index (χ4n) is 1.56. The second-order valence-electron chi connectivity index (χ2n) is 3.70. The molecule has 0 saturated heterocycles. The van der Waals surface area contributed by atoms with Gasteiger partial charge in [-0.1, -0.05) is 0 Å². The van der Waals surface area contributed by atoms with Gasteiger partial charge in [-0.3, -0.25) is 9.78 Å². The summed E-state index contributed by atoms with van der Waals surface area (Å²) in [5.41, 5.74) is 2.04. The van der Waals surface area contributed by atoms with Gasteiger partial charge in [0.25, 0.3) is 5.56 Å². The number of aromatic amines is 1. The molecule has 2 aromatic rings. The Hall–Kier alpha value is -2.48. The molecular formula is C12H10N4O. The van der Waals surface area contributed by atoms with Crippen molar-refractivity contribution in [2.45, 2.75) is 13.8 Å². The normalized spacial score (nSPS) is 9.94. The van der Waals surface area contributed by atoms with E-state index < -0.39 is 0 Å². The van der Waals surface area contributed by atoms with Crippen molar-refractivity contribution in [3.8, 4) is 17.3 Å². The summed E-state index contributed by atoms with van der Waals surface area (Å²) in [7, 11) is 0. The first-order chi connectivity index (χ1) is 8.11. The van der Waals surface area contributed by atoms with Gasteiger partial charge >= 0.3 is 0 Å². The third-order valence-corrected chi connectivity index (χ3v) is 2.41. The number of nitrogens with one attached hydrogen (secondary N) is 1. The summed E-state index contributed by atoms with van der Waals surface area (Å²) in [6.07, 6.45) is 3.06. The second-order valence-corrected chi connectivity index (χ2v) is 3.70. The summed E-state index contributed by atoms with van der Waals surface area (Å²) in [6, 6.07) is 3.68. The molecule has 0 amide bonds. The number of hydrogen-bond donors (Lipinski definition) is 1. The number of nitrogens with zero attached hydrogens (tertiary/aromatic N) is 3. The van der Waals surface area contributed by atoms with Gasteiger partial charge in [0.1, 0.15) is 11.9 Å². The lowest BCUT2D eigenvalue weighted by molar-refractivity contribution is 0.998. The highest BCUT2D eigenvalue weighted by Crippen LogP contribution is 2.18. The van der Waals surface area contributed by atoms with E-state index in [9.17, 15) is 4.79 Å². The highest BCUT2D eigenvalue weighted by atomic mass is 16.1. The first-order valence-electron chi connectivity index (χ1n) is 5.05. The number of hydrogen-bond acceptors (Lipinski definition) is 4. The van der Waals surface area contributed by atoms with Crippen LogP contribution in [-0.4, -0.2) is 15.0 Å². The lowest BCUT2D eigenvalue weighted by atomic mass is 10.1. The van der Waals surface area contributed by atoms with Crippen molar-refractivity contribution >= 4 is 0 Å². The maximum atomic E-state index is 11.6. The van der Waals surface area contributed by atoms with Gasteiger partial charge in [-0.2, -0.15) is 5.26 Å². The monoisotopic (exact) mass is 226 g/mol. The van der Waals surface area contributed by atoms with Gasteiger partial charge in [0.15, 0.2) is 0 Å². The largest absolute Gasteiger partial charge is 0.311 e. The van der Waals surface area contributed by atoms with Crippen LogP contribution < -0.4 is 5.56 Å². The molecule has 0 aliphatic heterocycles. The average Bonchev–Trinajstić information content (AvgIpc) is 2.34. The average molecular weight is 226 g/mol. The van der Waals surface area contributed by atoms with Crippen LogP contribution in [0.3, 0.4) is 0 Å². The molecule has 0 fully saturated rings. The fraction of sp³-hybridized carbons (Fsp3) is 0.167. The third kappa shape index (κ3) is 2.06. The molecule has 0 radical (unpaired) electrons. The Morgan fingerprint density at radius 1 is 1.35 bits per heavy atom. The Balaban J connectivity index is 2.69. The number of aromatic nitrogens is 3. The number of pyridine rings is 1. The molecule has 0 aliphatic carbocycles. The first kappa shape index (κ1) is 11.0. The number of H-pyrrole nitrogens is 1. The van der Waals surface area contributed by atoms with Crippen molar-refractivity contribution in [3.05, 3.63) is 45.8 Å². The summed E-state index contributed by atoms with van der Waals surface area (Å²) in [5, 5.41) is 8.81. The van der Waals surface area contributed by atoms with Crippen LogP contribution in [-0.2, 0) is 0 Å². The SMILES string of the molecule is Cc1nc(-c2cncc(C#N)c2)c(C)c(=O)[nH]1. The van der Waals surface area contributed by atoms with Crippen molar-refractivity contribution in [3.63, 3.8) is 0 Å². The van der Waals surface area contributed by atoms with Gasteiger partial charge in [-0.15, -0.1) is 0 Å². The van der Waals surface area contributed by atoms with E-state index in [0.29, 0.717) is 28.2 Å².